The normalized spacial score (nSPS) is 18.1. The molecule has 0 fully saturated rings. The van der Waals surface area contributed by atoms with Gasteiger partial charge in [-0.2, -0.15) is 13.2 Å². The van der Waals surface area contributed by atoms with Gasteiger partial charge < -0.3 is 11.1 Å². The highest BCUT2D eigenvalue weighted by Crippen LogP contribution is 2.34. The molecular weight excluding hydrogens is 275 g/mol. The molecule has 0 saturated heterocycles. The Balaban J connectivity index is 2.44. The fraction of sp³-hybridized carbons (Fsp3) is 0.333. The Kier molecular flexibility index (Phi) is 3.21. The first-order chi connectivity index (χ1) is 9.14. The third-order valence-electron chi connectivity index (χ3n) is 3.05. The number of para-hydroxylation sites is 2. The molecule has 0 bridgehead atoms. The van der Waals surface area contributed by atoms with Crippen LogP contribution in [-0.2, 0) is 9.59 Å². The van der Waals surface area contributed by atoms with Gasteiger partial charge in [-0.15, -0.1) is 0 Å². The smallest absolute Gasteiger partial charge is 0.323 e. The van der Waals surface area contributed by atoms with Crippen LogP contribution in [0.15, 0.2) is 24.3 Å². The molecule has 1 aromatic carbocycles. The lowest BCUT2D eigenvalue weighted by Gasteiger charge is -2.35. The van der Waals surface area contributed by atoms with Crippen LogP contribution in [-0.4, -0.2) is 30.1 Å². The van der Waals surface area contributed by atoms with Crippen LogP contribution < -0.4 is 16.0 Å². The summed E-state index contributed by atoms with van der Waals surface area (Å²) in [4.78, 5) is 24.3. The maximum atomic E-state index is 12.8. The number of amides is 2. The van der Waals surface area contributed by atoms with E-state index < -0.39 is 30.1 Å². The van der Waals surface area contributed by atoms with Crippen molar-refractivity contribution in [3.05, 3.63) is 24.3 Å². The van der Waals surface area contributed by atoms with Crippen LogP contribution in [0, 0.1) is 0 Å². The minimum atomic E-state index is -4.91. The number of benzene rings is 1. The number of anilines is 2. The van der Waals surface area contributed by atoms with Crippen LogP contribution in [0.25, 0.3) is 0 Å². The van der Waals surface area contributed by atoms with Crippen LogP contribution >= 0.6 is 0 Å². The summed E-state index contributed by atoms with van der Waals surface area (Å²) in [5, 5.41) is 2.48. The van der Waals surface area contributed by atoms with Gasteiger partial charge in [-0.1, -0.05) is 12.1 Å². The molecule has 0 radical (unpaired) electrons. The molecule has 1 atom stereocenters. The number of nitrogens with zero attached hydrogens (tertiary/aromatic N) is 1. The molecule has 1 aliphatic heterocycles. The van der Waals surface area contributed by atoms with E-state index in [9.17, 15) is 22.8 Å². The topological polar surface area (TPSA) is 75.4 Å². The molecule has 1 aliphatic rings. The second-order valence-corrected chi connectivity index (χ2v) is 4.66. The SMILES string of the molecule is CC(N)(C(=O)N1CC(=O)Nc2ccccc21)C(F)(F)F. The van der Waals surface area contributed by atoms with Gasteiger partial charge in [0.15, 0.2) is 5.54 Å². The Morgan fingerprint density at radius 1 is 1.35 bits per heavy atom. The van der Waals surface area contributed by atoms with E-state index in [0.29, 0.717) is 6.92 Å². The summed E-state index contributed by atoms with van der Waals surface area (Å²) in [6.45, 7) is 0.0865. The highest BCUT2D eigenvalue weighted by molar-refractivity contribution is 6.12. The van der Waals surface area contributed by atoms with E-state index >= 15 is 0 Å². The number of hydrogen-bond donors (Lipinski definition) is 2. The minimum Gasteiger partial charge on any atom is -0.323 e. The molecule has 8 heteroatoms. The molecule has 3 N–H and O–H groups in total. The van der Waals surface area contributed by atoms with Gasteiger partial charge >= 0.3 is 6.18 Å². The molecule has 2 rings (SSSR count). The summed E-state index contributed by atoms with van der Waals surface area (Å²) in [6, 6.07) is 6.09. The van der Waals surface area contributed by atoms with Crippen molar-refractivity contribution in [2.45, 2.75) is 18.6 Å². The van der Waals surface area contributed by atoms with Crippen molar-refractivity contribution >= 4 is 23.2 Å². The van der Waals surface area contributed by atoms with Crippen LogP contribution in [0.4, 0.5) is 24.5 Å². The number of nitrogens with one attached hydrogen (secondary N) is 1. The lowest BCUT2D eigenvalue weighted by molar-refractivity contribution is -0.186. The predicted octanol–water partition coefficient (Wildman–Crippen LogP) is 1.25. The predicted molar refractivity (Wildman–Crippen MR) is 66.1 cm³/mol. The number of rotatable bonds is 1. The molecule has 5 nitrogen and oxygen atoms in total. The van der Waals surface area contributed by atoms with E-state index in [4.69, 9.17) is 5.73 Å². The molecule has 0 spiro atoms. The van der Waals surface area contributed by atoms with Crippen molar-refractivity contribution in [1.29, 1.82) is 0 Å². The van der Waals surface area contributed by atoms with Crippen LogP contribution in [0.3, 0.4) is 0 Å². The van der Waals surface area contributed by atoms with Gasteiger partial charge in [0.25, 0.3) is 5.91 Å². The van der Waals surface area contributed by atoms with Crippen molar-refractivity contribution in [3.63, 3.8) is 0 Å². The first-order valence-corrected chi connectivity index (χ1v) is 5.71. The monoisotopic (exact) mass is 287 g/mol. The Bertz CT molecular complexity index is 569. The van der Waals surface area contributed by atoms with E-state index in [1.807, 2.05) is 0 Å². The molecule has 1 aromatic rings. The van der Waals surface area contributed by atoms with Gasteiger partial charge in [0.05, 0.1) is 11.4 Å². The minimum absolute atomic E-state index is 0.193. The van der Waals surface area contributed by atoms with Gasteiger partial charge in [0.2, 0.25) is 5.91 Å². The number of carbonyl (C=O) groups excluding carboxylic acids is 2. The molecule has 20 heavy (non-hydrogen) atoms. The number of nitrogens with two attached hydrogens (primary N) is 1. The summed E-state index contributed by atoms with van der Waals surface area (Å²) in [5.41, 5.74) is 2.53. The number of halogens is 3. The zero-order chi connectivity index (χ0) is 15.1. The third kappa shape index (κ3) is 2.22. The summed E-state index contributed by atoms with van der Waals surface area (Å²) in [5.74, 6) is -1.94. The Morgan fingerprint density at radius 2 is 1.95 bits per heavy atom. The fourth-order valence-electron chi connectivity index (χ4n) is 1.82. The van der Waals surface area contributed by atoms with E-state index in [-0.39, 0.29) is 11.4 Å². The molecule has 0 aromatic heterocycles. The van der Waals surface area contributed by atoms with Gasteiger partial charge in [0.1, 0.15) is 6.54 Å². The average Bonchev–Trinajstić information content (AvgIpc) is 2.35. The van der Waals surface area contributed by atoms with E-state index in [1.54, 1.807) is 12.1 Å². The van der Waals surface area contributed by atoms with Crippen LogP contribution in [0.1, 0.15) is 6.92 Å². The van der Waals surface area contributed by atoms with E-state index in [0.717, 1.165) is 4.90 Å². The van der Waals surface area contributed by atoms with Crippen molar-refractivity contribution < 1.29 is 22.8 Å². The van der Waals surface area contributed by atoms with Crippen LogP contribution in [0.2, 0.25) is 0 Å². The maximum Gasteiger partial charge on any atom is 0.415 e. The maximum absolute atomic E-state index is 12.8. The fourth-order valence-corrected chi connectivity index (χ4v) is 1.82. The number of carbonyl (C=O) groups is 2. The quantitative estimate of drug-likeness (QED) is 0.816. The highest BCUT2D eigenvalue weighted by Gasteiger charge is 2.56. The summed E-state index contributed by atoms with van der Waals surface area (Å²) in [7, 11) is 0. The third-order valence-corrected chi connectivity index (χ3v) is 3.05. The molecule has 0 aliphatic carbocycles. The molecular formula is C12H12F3N3O2. The summed E-state index contributed by atoms with van der Waals surface area (Å²) < 4.78 is 38.5. The number of hydrogen-bond acceptors (Lipinski definition) is 3. The van der Waals surface area contributed by atoms with Gasteiger partial charge in [-0.25, -0.2) is 0 Å². The van der Waals surface area contributed by atoms with Gasteiger partial charge in [0, 0.05) is 0 Å². The highest BCUT2D eigenvalue weighted by atomic mass is 19.4. The standard InChI is InChI=1S/C12H12F3N3O2/c1-11(16,12(13,14)15)10(20)18-6-9(19)17-7-4-2-3-5-8(7)18/h2-5H,6,16H2,1H3,(H,17,19). The van der Waals surface area contributed by atoms with Gasteiger partial charge in [-0.05, 0) is 19.1 Å². The molecule has 108 valence electrons. The second kappa shape index (κ2) is 4.48. The van der Waals surface area contributed by atoms with Crippen LogP contribution in [0.5, 0.6) is 0 Å². The molecule has 1 heterocycles. The Hall–Kier alpha value is -2.09. The molecule has 2 amide bonds. The second-order valence-electron chi connectivity index (χ2n) is 4.66. The zero-order valence-corrected chi connectivity index (χ0v) is 10.5. The van der Waals surface area contributed by atoms with Crippen molar-refractivity contribution in [1.82, 2.24) is 0 Å². The van der Waals surface area contributed by atoms with E-state index in [2.05, 4.69) is 5.32 Å². The summed E-state index contributed by atoms with van der Waals surface area (Å²) in [6.07, 6.45) is -4.91. The largest absolute Gasteiger partial charge is 0.415 e. The first-order valence-electron chi connectivity index (χ1n) is 5.71. The van der Waals surface area contributed by atoms with Crippen molar-refractivity contribution in [2.75, 3.05) is 16.8 Å². The number of fused-ring (bicyclic) bond motifs is 1. The zero-order valence-electron chi connectivity index (χ0n) is 10.5. The van der Waals surface area contributed by atoms with E-state index in [1.165, 1.54) is 12.1 Å². The van der Waals surface area contributed by atoms with Crippen molar-refractivity contribution in [2.24, 2.45) is 5.73 Å². The summed E-state index contributed by atoms with van der Waals surface area (Å²) >= 11 is 0. The number of alkyl halides is 3. The van der Waals surface area contributed by atoms with Gasteiger partial charge in [-0.3, -0.25) is 14.5 Å². The Labute approximate surface area is 112 Å². The van der Waals surface area contributed by atoms with Crippen molar-refractivity contribution in [3.8, 4) is 0 Å². The lowest BCUT2D eigenvalue weighted by atomic mass is 10.00. The lowest BCUT2D eigenvalue weighted by Crippen LogP contribution is -2.63. The molecule has 1 unspecified atom stereocenters. The average molecular weight is 287 g/mol. The molecule has 0 saturated carbocycles. The Morgan fingerprint density at radius 3 is 2.55 bits per heavy atom. The first kappa shape index (κ1) is 14.3.